The predicted octanol–water partition coefficient (Wildman–Crippen LogP) is 4.02. The van der Waals surface area contributed by atoms with Crippen LogP contribution in [-0.2, 0) is 17.8 Å². The molecule has 0 radical (unpaired) electrons. The van der Waals surface area contributed by atoms with Crippen LogP contribution in [0, 0.1) is 6.92 Å². The quantitative estimate of drug-likeness (QED) is 0.424. The maximum atomic E-state index is 13.0. The van der Waals surface area contributed by atoms with Crippen molar-refractivity contribution in [2.24, 2.45) is 0 Å². The van der Waals surface area contributed by atoms with Crippen molar-refractivity contribution in [3.63, 3.8) is 0 Å². The van der Waals surface area contributed by atoms with E-state index in [4.69, 9.17) is 4.74 Å². The summed E-state index contributed by atoms with van der Waals surface area (Å²) in [4.78, 5) is 30.7. The first-order valence-corrected chi connectivity index (χ1v) is 14.6. The molecule has 0 saturated carbocycles. The lowest BCUT2D eigenvalue weighted by Gasteiger charge is -2.32. The first-order chi connectivity index (χ1) is 20.4. The third-order valence-electron chi connectivity index (χ3n) is 8.17. The van der Waals surface area contributed by atoms with Gasteiger partial charge in [-0.3, -0.25) is 19.2 Å². The van der Waals surface area contributed by atoms with E-state index in [-0.39, 0.29) is 18.1 Å². The number of likely N-dealkylation sites (N-methyl/N-ethyl adjacent to an activating group) is 1. The molecule has 1 aliphatic heterocycles. The number of ketones is 1. The van der Waals surface area contributed by atoms with Gasteiger partial charge in [-0.05, 0) is 60.9 Å². The second-order valence-corrected chi connectivity index (χ2v) is 11.4. The molecule has 0 unspecified atom stereocenters. The SMILES string of the molecule is Cc1ccc(Cn2cc(C(=O)NC3=CCC(=O)C(C4=Cc5cc(OCCN6CCN(C)CC6)ccc5C4)=C3)cn2)cc1. The van der Waals surface area contributed by atoms with Crippen LogP contribution < -0.4 is 10.1 Å². The van der Waals surface area contributed by atoms with Gasteiger partial charge in [-0.2, -0.15) is 5.10 Å². The van der Waals surface area contributed by atoms with Crippen molar-refractivity contribution in [3.05, 3.63) is 112 Å². The molecular formula is C34H37N5O3. The van der Waals surface area contributed by atoms with Gasteiger partial charge in [0.05, 0.1) is 18.3 Å². The Morgan fingerprint density at radius 3 is 2.67 bits per heavy atom. The van der Waals surface area contributed by atoms with Crippen LogP contribution in [0.1, 0.15) is 39.0 Å². The van der Waals surface area contributed by atoms with Gasteiger partial charge in [0.25, 0.3) is 5.91 Å². The monoisotopic (exact) mass is 563 g/mol. The average Bonchev–Trinajstić information content (AvgIpc) is 3.63. The summed E-state index contributed by atoms with van der Waals surface area (Å²) in [7, 11) is 2.16. The van der Waals surface area contributed by atoms with Gasteiger partial charge in [-0.25, -0.2) is 0 Å². The first kappa shape index (κ1) is 27.9. The molecule has 1 amide bonds. The highest BCUT2D eigenvalue weighted by Gasteiger charge is 2.24. The molecule has 6 rings (SSSR count). The molecule has 1 fully saturated rings. The van der Waals surface area contributed by atoms with E-state index in [1.165, 1.54) is 11.1 Å². The van der Waals surface area contributed by atoms with Crippen LogP contribution >= 0.6 is 0 Å². The number of carbonyl (C=O) groups excluding carboxylic acids is 2. The molecule has 2 aliphatic carbocycles. The number of amides is 1. The van der Waals surface area contributed by atoms with Crippen LogP contribution in [-0.4, -0.2) is 77.6 Å². The Hall–Kier alpha value is -4.27. The van der Waals surface area contributed by atoms with Gasteiger partial charge in [-0.15, -0.1) is 0 Å². The fourth-order valence-corrected chi connectivity index (χ4v) is 5.56. The van der Waals surface area contributed by atoms with E-state index in [1.807, 2.05) is 6.07 Å². The molecule has 3 aromatic rings. The summed E-state index contributed by atoms with van der Waals surface area (Å²) in [5.41, 5.74) is 7.30. The van der Waals surface area contributed by atoms with Crippen molar-refractivity contribution in [2.75, 3.05) is 46.4 Å². The number of ether oxygens (including phenoxy) is 1. The number of hydrogen-bond acceptors (Lipinski definition) is 6. The lowest BCUT2D eigenvalue weighted by Crippen LogP contribution is -2.45. The number of piperazine rings is 1. The summed E-state index contributed by atoms with van der Waals surface area (Å²) < 4.78 is 7.83. The van der Waals surface area contributed by atoms with E-state index in [0.29, 0.717) is 36.4 Å². The summed E-state index contributed by atoms with van der Waals surface area (Å²) in [6.07, 6.45) is 9.90. The second kappa shape index (κ2) is 12.3. The number of carbonyl (C=O) groups is 2. The molecule has 8 nitrogen and oxygen atoms in total. The van der Waals surface area contributed by atoms with Gasteiger partial charge in [0.15, 0.2) is 5.78 Å². The number of rotatable bonds is 9. The highest BCUT2D eigenvalue weighted by molar-refractivity contribution is 6.04. The third kappa shape index (κ3) is 6.61. The lowest BCUT2D eigenvalue weighted by molar-refractivity contribution is -0.114. The molecule has 2 heterocycles. The number of nitrogens with one attached hydrogen (secondary N) is 1. The largest absolute Gasteiger partial charge is 0.492 e. The number of aromatic nitrogens is 2. The minimum Gasteiger partial charge on any atom is -0.492 e. The van der Waals surface area contributed by atoms with Crippen molar-refractivity contribution in [1.82, 2.24) is 24.9 Å². The van der Waals surface area contributed by atoms with Gasteiger partial charge in [-0.1, -0.05) is 48.0 Å². The minimum atomic E-state index is -0.247. The molecule has 1 N–H and O–H groups in total. The van der Waals surface area contributed by atoms with Crippen molar-refractivity contribution in [1.29, 1.82) is 0 Å². The van der Waals surface area contributed by atoms with Crippen LogP contribution in [0.2, 0.25) is 0 Å². The predicted molar refractivity (Wildman–Crippen MR) is 163 cm³/mol. The van der Waals surface area contributed by atoms with Crippen molar-refractivity contribution >= 4 is 17.8 Å². The minimum absolute atomic E-state index is 0.0571. The molecule has 216 valence electrons. The number of Topliss-reactive ketones (excluding diaryl/α,β-unsaturated/α-hetero) is 1. The molecule has 1 saturated heterocycles. The maximum Gasteiger partial charge on any atom is 0.258 e. The van der Waals surface area contributed by atoms with Crippen LogP contribution in [0.25, 0.3) is 6.08 Å². The lowest BCUT2D eigenvalue weighted by atomic mass is 9.93. The molecule has 0 atom stereocenters. The molecule has 3 aliphatic rings. The van der Waals surface area contributed by atoms with E-state index in [2.05, 4.69) is 76.7 Å². The molecule has 42 heavy (non-hydrogen) atoms. The Balaban J connectivity index is 1.07. The zero-order chi connectivity index (χ0) is 29.1. The third-order valence-corrected chi connectivity index (χ3v) is 8.17. The first-order valence-electron chi connectivity index (χ1n) is 14.6. The summed E-state index contributed by atoms with van der Waals surface area (Å²) in [6, 6.07) is 14.4. The highest BCUT2D eigenvalue weighted by atomic mass is 16.5. The number of aryl methyl sites for hydroxylation is 1. The Morgan fingerprint density at radius 2 is 1.86 bits per heavy atom. The van der Waals surface area contributed by atoms with Crippen molar-refractivity contribution < 1.29 is 14.3 Å². The molecule has 2 aromatic carbocycles. The molecular weight excluding hydrogens is 526 g/mol. The summed E-state index contributed by atoms with van der Waals surface area (Å²) >= 11 is 0. The van der Waals surface area contributed by atoms with Gasteiger partial charge in [0.1, 0.15) is 12.4 Å². The number of fused-ring (bicyclic) bond motifs is 1. The second-order valence-electron chi connectivity index (χ2n) is 11.4. The maximum absolute atomic E-state index is 13.0. The fraction of sp³-hybridized carbons (Fsp3) is 0.324. The molecule has 1 aromatic heterocycles. The molecule has 0 spiro atoms. The Bertz CT molecular complexity index is 1570. The van der Waals surface area contributed by atoms with Gasteiger partial charge < -0.3 is 15.0 Å². The van der Waals surface area contributed by atoms with E-state index in [0.717, 1.165) is 55.2 Å². The molecule has 0 bridgehead atoms. The zero-order valence-electron chi connectivity index (χ0n) is 24.3. The van der Waals surface area contributed by atoms with E-state index >= 15 is 0 Å². The van der Waals surface area contributed by atoms with Crippen LogP contribution in [0.3, 0.4) is 0 Å². The van der Waals surface area contributed by atoms with E-state index in [1.54, 1.807) is 29.2 Å². The van der Waals surface area contributed by atoms with E-state index < -0.39 is 0 Å². The Morgan fingerprint density at radius 1 is 1.05 bits per heavy atom. The Kier molecular flexibility index (Phi) is 8.17. The van der Waals surface area contributed by atoms with Crippen LogP contribution in [0.15, 0.2) is 83.9 Å². The highest BCUT2D eigenvalue weighted by Crippen LogP contribution is 2.34. The standard InChI is InChI=1S/C34H37N5O3/c1-24-3-5-25(6-4-24)22-39-23-29(21-35-39)34(41)36-30-8-10-33(40)32(20-30)28-17-26-7-9-31(19-27(26)18-28)42-16-15-38-13-11-37(2)12-14-38/h3-9,18-21,23H,10-17,22H2,1-2H3,(H,36,41). The number of allylic oxidation sites excluding steroid dienone is 4. The zero-order valence-corrected chi connectivity index (χ0v) is 24.3. The smallest absolute Gasteiger partial charge is 0.258 e. The van der Waals surface area contributed by atoms with Crippen LogP contribution in [0.4, 0.5) is 0 Å². The summed E-state index contributed by atoms with van der Waals surface area (Å²) in [5, 5.41) is 7.32. The topological polar surface area (TPSA) is 79.7 Å². The number of hydrogen-bond donors (Lipinski definition) is 1. The van der Waals surface area contributed by atoms with Crippen molar-refractivity contribution in [2.45, 2.75) is 26.3 Å². The van der Waals surface area contributed by atoms with E-state index in [9.17, 15) is 9.59 Å². The molecule has 8 heteroatoms. The average molecular weight is 564 g/mol. The number of benzene rings is 2. The normalized spacial score (nSPS) is 17.4. The van der Waals surface area contributed by atoms with Crippen molar-refractivity contribution in [3.8, 4) is 5.75 Å². The Labute approximate surface area is 247 Å². The summed E-state index contributed by atoms with van der Waals surface area (Å²) in [5.74, 6) is 0.658. The van der Waals surface area contributed by atoms with Gasteiger partial charge in [0.2, 0.25) is 0 Å². The van der Waals surface area contributed by atoms with Crippen LogP contribution in [0.5, 0.6) is 5.75 Å². The fourth-order valence-electron chi connectivity index (χ4n) is 5.56. The van der Waals surface area contributed by atoms with Gasteiger partial charge in [0, 0.05) is 56.6 Å². The van der Waals surface area contributed by atoms with Gasteiger partial charge >= 0.3 is 0 Å². The number of nitrogens with zero attached hydrogens (tertiary/aromatic N) is 4. The summed E-state index contributed by atoms with van der Waals surface area (Å²) in [6.45, 7) is 8.57.